The number of nitriles is 1. The number of hydrogen-bond acceptors (Lipinski definition) is 3. The Morgan fingerprint density at radius 3 is 1.90 bits per heavy atom. The highest BCUT2D eigenvalue weighted by molar-refractivity contribution is 5.51. The number of carbonyl (C=O) groups excluding carboxylic acids is 1. The van der Waals surface area contributed by atoms with Crippen molar-refractivity contribution in [3.8, 4) is 6.07 Å². The second kappa shape index (κ2) is 6.65. The Hall–Kier alpha value is -2.44. The Kier molecular flexibility index (Phi) is 4.65. The molecular formula is C17H15NO2. The molecule has 0 N–H and O–H groups in total. The molecule has 0 fully saturated rings. The van der Waals surface area contributed by atoms with Gasteiger partial charge in [-0.05, 0) is 11.1 Å². The molecule has 2 rings (SSSR count). The number of hydrogen-bond donors (Lipinski definition) is 0. The van der Waals surface area contributed by atoms with Crippen LogP contribution in [0.4, 0.5) is 0 Å². The maximum absolute atomic E-state index is 10.7. The molecule has 20 heavy (non-hydrogen) atoms. The molecule has 3 nitrogen and oxygen atoms in total. The number of ether oxygens (including phenoxy) is 1. The normalized spacial score (nSPS) is 10.8. The van der Waals surface area contributed by atoms with E-state index in [9.17, 15) is 10.1 Å². The lowest BCUT2D eigenvalue weighted by molar-refractivity contribution is -0.117. The van der Waals surface area contributed by atoms with E-state index in [1.165, 1.54) is 0 Å². The van der Waals surface area contributed by atoms with Crippen LogP contribution in [0.3, 0.4) is 0 Å². The molecule has 0 saturated carbocycles. The van der Waals surface area contributed by atoms with Crippen molar-refractivity contribution in [1.29, 1.82) is 5.26 Å². The molecule has 2 aromatic rings. The van der Waals surface area contributed by atoms with E-state index in [2.05, 4.69) is 6.07 Å². The molecule has 0 aromatic heterocycles. The third-order valence-corrected chi connectivity index (χ3v) is 3.21. The first-order valence-corrected chi connectivity index (χ1v) is 6.39. The minimum Gasteiger partial charge on any atom is -0.357 e. The summed E-state index contributed by atoms with van der Waals surface area (Å²) in [7, 11) is 0. The van der Waals surface area contributed by atoms with Gasteiger partial charge in [-0.1, -0.05) is 60.7 Å². The second-order valence-electron chi connectivity index (χ2n) is 4.37. The van der Waals surface area contributed by atoms with Crippen LogP contribution < -0.4 is 0 Å². The molecule has 0 radical (unpaired) electrons. The largest absolute Gasteiger partial charge is 0.357 e. The van der Waals surface area contributed by atoms with Crippen LogP contribution in [0.15, 0.2) is 60.7 Å². The summed E-state index contributed by atoms with van der Waals surface area (Å²) >= 11 is 0. The highest BCUT2D eigenvalue weighted by Crippen LogP contribution is 2.36. The van der Waals surface area contributed by atoms with Gasteiger partial charge in [0.05, 0.1) is 12.5 Å². The Balaban J connectivity index is 2.56. The van der Waals surface area contributed by atoms with Crippen LogP contribution in [-0.4, -0.2) is 12.9 Å². The van der Waals surface area contributed by atoms with E-state index in [0.29, 0.717) is 6.29 Å². The highest BCUT2D eigenvalue weighted by Gasteiger charge is 2.35. The van der Waals surface area contributed by atoms with Crippen LogP contribution >= 0.6 is 0 Å². The molecular weight excluding hydrogens is 250 g/mol. The first-order chi connectivity index (χ1) is 9.83. The van der Waals surface area contributed by atoms with E-state index >= 15 is 0 Å². The first kappa shape index (κ1) is 14.0. The summed E-state index contributed by atoms with van der Waals surface area (Å²) in [6.45, 7) is -0.0501. The lowest BCUT2D eigenvalue weighted by Gasteiger charge is -2.32. The van der Waals surface area contributed by atoms with Crippen molar-refractivity contribution in [1.82, 2.24) is 0 Å². The third-order valence-electron chi connectivity index (χ3n) is 3.21. The fourth-order valence-corrected chi connectivity index (χ4v) is 2.29. The van der Waals surface area contributed by atoms with Gasteiger partial charge in [-0.15, -0.1) is 0 Å². The summed E-state index contributed by atoms with van der Waals surface area (Å²) in [6.07, 6.45) is 0.854. The zero-order valence-corrected chi connectivity index (χ0v) is 11.0. The molecule has 0 atom stereocenters. The number of nitrogens with zero attached hydrogens (tertiary/aromatic N) is 1. The van der Waals surface area contributed by atoms with E-state index in [0.717, 1.165) is 11.1 Å². The molecule has 3 heteroatoms. The molecule has 2 aromatic carbocycles. The van der Waals surface area contributed by atoms with Crippen molar-refractivity contribution in [2.45, 2.75) is 12.0 Å². The summed E-state index contributed by atoms with van der Waals surface area (Å²) in [5.41, 5.74) is 0.835. The topological polar surface area (TPSA) is 50.1 Å². The Morgan fingerprint density at radius 2 is 1.50 bits per heavy atom. The van der Waals surface area contributed by atoms with Gasteiger partial charge < -0.3 is 9.53 Å². The Labute approximate surface area is 118 Å². The lowest BCUT2D eigenvalue weighted by atomic mass is 9.83. The standard InChI is InChI=1S/C17H15NO2/c18-12-11-17(20-14-13-19,15-7-3-1-4-8-15)16-9-5-2-6-10-16/h1-10,13H,11,14H2. The monoisotopic (exact) mass is 265 g/mol. The van der Waals surface area contributed by atoms with E-state index in [1.54, 1.807) is 0 Å². The van der Waals surface area contributed by atoms with Crippen LogP contribution in [0.2, 0.25) is 0 Å². The predicted molar refractivity (Wildman–Crippen MR) is 75.9 cm³/mol. The van der Waals surface area contributed by atoms with Gasteiger partial charge in [0, 0.05) is 0 Å². The van der Waals surface area contributed by atoms with Crippen LogP contribution in [0.5, 0.6) is 0 Å². The van der Waals surface area contributed by atoms with E-state index < -0.39 is 5.60 Å². The molecule has 0 bridgehead atoms. The van der Waals surface area contributed by atoms with Crippen molar-refractivity contribution < 1.29 is 9.53 Å². The van der Waals surface area contributed by atoms with Crippen LogP contribution in [0, 0.1) is 11.3 Å². The summed E-state index contributed by atoms with van der Waals surface area (Å²) in [4.78, 5) is 10.7. The van der Waals surface area contributed by atoms with Gasteiger partial charge in [-0.2, -0.15) is 5.26 Å². The van der Waals surface area contributed by atoms with Crippen molar-refractivity contribution in [2.75, 3.05) is 6.61 Å². The maximum atomic E-state index is 10.7. The van der Waals surface area contributed by atoms with Crippen molar-refractivity contribution in [3.63, 3.8) is 0 Å². The molecule has 0 amide bonds. The summed E-state index contributed by atoms with van der Waals surface area (Å²) in [5.74, 6) is 0. The van der Waals surface area contributed by atoms with Crippen LogP contribution in [-0.2, 0) is 15.1 Å². The van der Waals surface area contributed by atoms with Gasteiger partial charge in [-0.25, -0.2) is 0 Å². The van der Waals surface area contributed by atoms with E-state index in [-0.39, 0.29) is 13.0 Å². The summed E-state index contributed by atoms with van der Waals surface area (Å²) in [5, 5.41) is 9.21. The van der Waals surface area contributed by atoms with Gasteiger partial charge in [0.15, 0.2) is 0 Å². The molecule has 0 heterocycles. The maximum Gasteiger partial charge on any atom is 0.145 e. The Bertz CT molecular complexity index is 548. The molecule has 100 valence electrons. The SMILES string of the molecule is N#CCC(OCC=O)(c1ccccc1)c1ccccc1. The number of rotatable bonds is 6. The third kappa shape index (κ3) is 2.76. The molecule has 0 aliphatic heterocycles. The second-order valence-corrected chi connectivity index (χ2v) is 4.37. The van der Waals surface area contributed by atoms with Crippen molar-refractivity contribution in [3.05, 3.63) is 71.8 Å². The van der Waals surface area contributed by atoms with Gasteiger partial charge >= 0.3 is 0 Å². The van der Waals surface area contributed by atoms with Crippen molar-refractivity contribution in [2.24, 2.45) is 0 Å². The molecule has 0 saturated heterocycles. The quantitative estimate of drug-likeness (QED) is 0.754. The zero-order chi connectivity index (χ0) is 14.3. The van der Waals surface area contributed by atoms with Gasteiger partial charge in [0.2, 0.25) is 0 Å². The van der Waals surface area contributed by atoms with E-state index in [4.69, 9.17) is 4.74 Å². The van der Waals surface area contributed by atoms with Crippen molar-refractivity contribution >= 4 is 6.29 Å². The predicted octanol–water partition coefficient (Wildman–Crippen LogP) is 3.06. The molecule has 0 unspecified atom stereocenters. The number of aldehydes is 1. The highest BCUT2D eigenvalue weighted by atomic mass is 16.5. The lowest BCUT2D eigenvalue weighted by Crippen LogP contribution is -2.31. The fraction of sp³-hybridized carbons (Fsp3) is 0.176. The fourth-order valence-electron chi connectivity index (χ4n) is 2.29. The molecule has 0 spiro atoms. The first-order valence-electron chi connectivity index (χ1n) is 6.39. The van der Waals surface area contributed by atoms with Gasteiger partial charge in [-0.3, -0.25) is 0 Å². The Morgan fingerprint density at radius 1 is 1.00 bits per heavy atom. The average molecular weight is 265 g/mol. The smallest absolute Gasteiger partial charge is 0.145 e. The molecule has 0 aliphatic carbocycles. The number of benzene rings is 2. The van der Waals surface area contributed by atoms with Gasteiger partial charge in [0.25, 0.3) is 0 Å². The molecule has 0 aliphatic rings. The van der Waals surface area contributed by atoms with Gasteiger partial charge in [0.1, 0.15) is 18.5 Å². The summed E-state index contributed by atoms with van der Waals surface area (Å²) < 4.78 is 5.80. The van der Waals surface area contributed by atoms with E-state index in [1.807, 2.05) is 60.7 Å². The van der Waals surface area contributed by atoms with Crippen LogP contribution in [0.1, 0.15) is 17.5 Å². The van der Waals surface area contributed by atoms with Crippen LogP contribution in [0.25, 0.3) is 0 Å². The minimum absolute atomic E-state index is 0.0501. The number of carbonyl (C=O) groups is 1. The zero-order valence-electron chi connectivity index (χ0n) is 11.0. The minimum atomic E-state index is -0.905. The average Bonchev–Trinajstić information content (AvgIpc) is 2.53. The summed E-state index contributed by atoms with van der Waals surface area (Å²) in [6, 6.07) is 21.2.